The van der Waals surface area contributed by atoms with Crippen LogP contribution in [0.15, 0.2) is 53.6 Å². The van der Waals surface area contributed by atoms with E-state index in [4.69, 9.17) is 16.1 Å². The lowest BCUT2D eigenvalue weighted by Gasteiger charge is -2.33. The number of aromatic amines is 1. The van der Waals surface area contributed by atoms with Crippen LogP contribution in [0.4, 0.5) is 14.6 Å². The molecule has 1 saturated heterocycles. The molecule has 2 amide bonds. The normalized spacial score (nSPS) is 18.0. The monoisotopic (exact) mass is 618 g/mol. The van der Waals surface area contributed by atoms with Gasteiger partial charge in [-0.15, -0.1) is 5.10 Å². The Morgan fingerprint density at radius 3 is 2.82 bits per heavy atom. The Morgan fingerprint density at radius 1 is 1.18 bits per heavy atom. The number of benzene rings is 1. The van der Waals surface area contributed by atoms with Gasteiger partial charge in [-0.25, -0.2) is 18.7 Å². The summed E-state index contributed by atoms with van der Waals surface area (Å²) >= 11 is 6.12. The molecule has 7 rings (SSSR count). The molecule has 4 aromatic heterocycles. The first-order valence-corrected chi connectivity index (χ1v) is 13.9. The third-order valence-corrected chi connectivity index (χ3v) is 7.97. The van der Waals surface area contributed by atoms with E-state index in [0.29, 0.717) is 47.7 Å². The first-order valence-electron chi connectivity index (χ1n) is 13.5. The fourth-order valence-electron chi connectivity index (χ4n) is 5.73. The standard InChI is InChI=1S/C28H21ClF2N10O3/c1-13-8-21(44-37-13)28(43)36-27-24(30)16(6-7-32-27)18-11-33-26(35-18)20-4-2-15-9-14(10-22(42)41(15)20)23-19(40-12-34-38-39-40)5-3-17(29)25(23)31/h3,5-8,10-12,15,20H,2,4,9H2,1H3,(H,33,35)(H,32,36,43)/t15-,20+/m1/s1. The topological polar surface area (TPSA) is 161 Å². The lowest BCUT2D eigenvalue weighted by Crippen LogP contribution is -2.39. The molecular formula is C28H21ClF2N10O3. The molecule has 2 N–H and O–H groups in total. The van der Waals surface area contributed by atoms with Gasteiger partial charge < -0.3 is 19.7 Å². The maximum atomic E-state index is 15.5. The number of halogens is 3. The van der Waals surface area contributed by atoms with E-state index in [-0.39, 0.29) is 39.7 Å². The molecule has 1 aromatic carbocycles. The Kier molecular flexibility index (Phi) is 6.73. The second kappa shape index (κ2) is 10.8. The Hall–Kier alpha value is -5.31. The highest BCUT2D eigenvalue weighted by Crippen LogP contribution is 2.44. The highest BCUT2D eigenvalue weighted by atomic mass is 35.5. The number of aryl methyl sites for hydroxylation is 1. The van der Waals surface area contributed by atoms with Crippen LogP contribution in [0.5, 0.6) is 0 Å². The molecule has 6 heterocycles. The fourth-order valence-corrected chi connectivity index (χ4v) is 5.88. The van der Waals surface area contributed by atoms with Crippen molar-refractivity contribution in [2.24, 2.45) is 0 Å². The molecule has 2 aliphatic rings. The molecule has 222 valence electrons. The van der Waals surface area contributed by atoms with E-state index in [2.05, 4.69) is 41.0 Å². The number of carbonyl (C=O) groups is 2. The highest BCUT2D eigenvalue weighted by Gasteiger charge is 2.42. The van der Waals surface area contributed by atoms with E-state index in [1.165, 1.54) is 47.7 Å². The summed E-state index contributed by atoms with van der Waals surface area (Å²) in [6.45, 7) is 1.66. The Balaban J connectivity index is 1.15. The lowest BCUT2D eigenvalue weighted by molar-refractivity contribution is -0.129. The average molecular weight is 619 g/mol. The van der Waals surface area contributed by atoms with Crippen molar-refractivity contribution in [2.45, 2.75) is 38.3 Å². The molecule has 16 heteroatoms. The van der Waals surface area contributed by atoms with Crippen LogP contribution >= 0.6 is 11.6 Å². The van der Waals surface area contributed by atoms with Crippen LogP contribution in [0.1, 0.15) is 52.9 Å². The zero-order valence-electron chi connectivity index (χ0n) is 22.8. The van der Waals surface area contributed by atoms with Crippen molar-refractivity contribution in [3.05, 3.63) is 88.6 Å². The smallest absolute Gasteiger partial charge is 0.295 e. The van der Waals surface area contributed by atoms with Gasteiger partial charge in [-0.2, -0.15) is 4.68 Å². The number of rotatable bonds is 6. The molecule has 1 fully saturated rings. The van der Waals surface area contributed by atoms with Crippen LogP contribution in [-0.4, -0.2) is 63.1 Å². The molecule has 0 spiro atoms. The number of carbonyl (C=O) groups excluding carboxylic acids is 2. The number of hydrogen-bond donors (Lipinski definition) is 2. The number of aromatic nitrogens is 8. The van der Waals surface area contributed by atoms with Crippen LogP contribution in [-0.2, 0) is 4.79 Å². The fraction of sp³-hybridized carbons (Fsp3) is 0.214. The largest absolute Gasteiger partial charge is 0.351 e. The molecule has 0 aliphatic carbocycles. The number of imidazole rings is 1. The zero-order chi connectivity index (χ0) is 30.5. The number of hydrogen-bond acceptors (Lipinski definition) is 9. The average Bonchev–Trinajstić information content (AvgIpc) is 3.82. The van der Waals surface area contributed by atoms with Crippen LogP contribution < -0.4 is 5.32 Å². The minimum atomic E-state index is -0.778. The van der Waals surface area contributed by atoms with Crippen molar-refractivity contribution < 1.29 is 22.9 Å². The SMILES string of the molecule is Cc1cc(C(=O)Nc2nccc(-c3cnc([C@@H]4CC[C@@H]5CC(c6c(-n7cnnn7)ccc(Cl)c6F)=CC(=O)N54)[nH]3)c2F)on1. The maximum absolute atomic E-state index is 15.5. The van der Waals surface area contributed by atoms with Crippen molar-refractivity contribution in [1.82, 2.24) is 45.2 Å². The third-order valence-electron chi connectivity index (χ3n) is 7.67. The molecule has 13 nitrogen and oxygen atoms in total. The quantitative estimate of drug-likeness (QED) is 0.280. The summed E-state index contributed by atoms with van der Waals surface area (Å²) < 4.78 is 37.1. The maximum Gasteiger partial charge on any atom is 0.295 e. The molecule has 2 aliphatic heterocycles. The lowest BCUT2D eigenvalue weighted by atomic mass is 9.92. The number of pyridine rings is 1. The van der Waals surface area contributed by atoms with Crippen molar-refractivity contribution >= 4 is 34.8 Å². The van der Waals surface area contributed by atoms with Gasteiger partial charge in [0, 0.05) is 35.5 Å². The van der Waals surface area contributed by atoms with Crippen molar-refractivity contribution in [1.29, 1.82) is 0 Å². The van der Waals surface area contributed by atoms with Gasteiger partial charge in [0.25, 0.3) is 5.91 Å². The first-order chi connectivity index (χ1) is 21.3. The molecular weight excluding hydrogens is 598 g/mol. The summed E-state index contributed by atoms with van der Waals surface area (Å²) in [4.78, 5) is 39.2. The zero-order valence-corrected chi connectivity index (χ0v) is 23.6. The summed E-state index contributed by atoms with van der Waals surface area (Å²) in [5.74, 6) is -2.37. The first kappa shape index (κ1) is 27.5. The number of nitrogens with zero attached hydrogens (tertiary/aromatic N) is 8. The van der Waals surface area contributed by atoms with Crippen LogP contribution in [0.2, 0.25) is 5.02 Å². The summed E-state index contributed by atoms with van der Waals surface area (Å²) in [5.41, 5.74) is 1.97. The number of anilines is 1. The molecule has 2 atom stereocenters. The predicted molar refractivity (Wildman–Crippen MR) is 150 cm³/mol. The molecule has 0 radical (unpaired) electrons. The highest BCUT2D eigenvalue weighted by molar-refractivity contribution is 6.31. The number of amides is 2. The van der Waals surface area contributed by atoms with Crippen LogP contribution in [0, 0.1) is 18.6 Å². The van der Waals surface area contributed by atoms with Crippen LogP contribution in [0.3, 0.4) is 0 Å². The van der Waals surface area contributed by atoms with Crippen molar-refractivity contribution in [3.8, 4) is 16.9 Å². The third kappa shape index (κ3) is 4.70. The Bertz CT molecular complexity index is 1950. The van der Waals surface area contributed by atoms with Gasteiger partial charge in [0.2, 0.25) is 11.7 Å². The van der Waals surface area contributed by atoms with Gasteiger partial charge in [0.1, 0.15) is 12.2 Å². The van der Waals surface area contributed by atoms with Crippen molar-refractivity contribution in [2.75, 3.05) is 5.32 Å². The summed E-state index contributed by atoms with van der Waals surface area (Å²) in [6.07, 6.45) is 7.13. The van der Waals surface area contributed by atoms with E-state index in [1.807, 2.05) is 0 Å². The Morgan fingerprint density at radius 2 is 2.05 bits per heavy atom. The number of H-pyrrole nitrogens is 1. The molecule has 0 bridgehead atoms. The molecule has 0 unspecified atom stereocenters. The second-order valence-electron chi connectivity index (χ2n) is 10.4. The van der Waals surface area contributed by atoms with E-state index < -0.39 is 23.6 Å². The number of tetrazole rings is 1. The van der Waals surface area contributed by atoms with E-state index in [0.717, 1.165) is 0 Å². The van der Waals surface area contributed by atoms with Gasteiger partial charge in [0.15, 0.2) is 17.5 Å². The summed E-state index contributed by atoms with van der Waals surface area (Å²) in [6, 6.07) is 5.23. The molecule has 0 saturated carbocycles. The molecule has 5 aromatic rings. The number of fused-ring (bicyclic) bond motifs is 1. The minimum Gasteiger partial charge on any atom is -0.351 e. The minimum absolute atomic E-state index is 0.0816. The van der Waals surface area contributed by atoms with Crippen molar-refractivity contribution in [3.63, 3.8) is 0 Å². The van der Waals surface area contributed by atoms with E-state index in [1.54, 1.807) is 17.9 Å². The Labute approximate surface area is 251 Å². The van der Waals surface area contributed by atoms with E-state index in [9.17, 15) is 9.59 Å². The molecule has 44 heavy (non-hydrogen) atoms. The van der Waals surface area contributed by atoms with Gasteiger partial charge in [-0.1, -0.05) is 16.8 Å². The summed E-state index contributed by atoms with van der Waals surface area (Å²) in [5, 5.41) is 17.1. The van der Waals surface area contributed by atoms with Gasteiger partial charge in [0.05, 0.1) is 34.3 Å². The van der Waals surface area contributed by atoms with Gasteiger partial charge >= 0.3 is 0 Å². The van der Waals surface area contributed by atoms with Crippen LogP contribution in [0.25, 0.3) is 22.5 Å². The van der Waals surface area contributed by atoms with E-state index >= 15 is 8.78 Å². The predicted octanol–water partition coefficient (Wildman–Crippen LogP) is 4.45. The van der Waals surface area contributed by atoms with Gasteiger partial charge in [-0.3, -0.25) is 9.59 Å². The number of nitrogens with one attached hydrogen (secondary N) is 2. The van der Waals surface area contributed by atoms with Gasteiger partial charge in [-0.05, 0) is 60.4 Å². The summed E-state index contributed by atoms with van der Waals surface area (Å²) in [7, 11) is 0. The second-order valence-corrected chi connectivity index (χ2v) is 10.8.